The molecule has 0 radical (unpaired) electrons. The summed E-state index contributed by atoms with van der Waals surface area (Å²) in [5.41, 5.74) is 0.578. The fraction of sp³-hybridized carbons (Fsp3) is 0.350. The summed E-state index contributed by atoms with van der Waals surface area (Å²) in [7, 11) is -3.93. The maximum atomic E-state index is 12.7. The second-order valence-corrected chi connectivity index (χ2v) is 11.2. The number of carbonyl (C=O) groups is 1. The Morgan fingerprint density at radius 2 is 1.90 bits per heavy atom. The number of carbonyl (C=O) groups excluding carboxylic acids is 1. The first-order valence-electron chi connectivity index (χ1n) is 9.43. The van der Waals surface area contributed by atoms with Gasteiger partial charge in [0, 0.05) is 9.35 Å². The van der Waals surface area contributed by atoms with Crippen LogP contribution in [0.4, 0.5) is 0 Å². The Labute approximate surface area is 192 Å². The zero-order chi connectivity index (χ0) is 22.9. The first kappa shape index (κ1) is 23.6. The fourth-order valence-corrected chi connectivity index (χ4v) is 5.55. The maximum absolute atomic E-state index is 12.7. The average molecular weight is 528 g/mol. The third kappa shape index (κ3) is 5.22. The summed E-state index contributed by atoms with van der Waals surface area (Å²) >= 11 is 4.65. The number of esters is 1. The van der Waals surface area contributed by atoms with E-state index in [-0.39, 0.29) is 28.8 Å². The number of nitrogens with one attached hydrogen (secondary N) is 2. The highest BCUT2D eigenvalue weighted by atomic mass is 79.9. The Bertz CT molecular complexity index is 1280. The normalized spacial score (nSPS) is 13.0. The Kier molecular flexibility index (Phi) is 6.99. The standard InChI is InChI=1S/C20H22BrN3O5S2/c1-10(2)17(24-31(27,28)14-7-5-13(21)6-8-14)20(26)29-9-15-22-18(25)16-11(3)12(4)30-19(16)23-15/h5-8,10,17,24H,9H2,1-4H3,(H,22,23,25)/t17-/m0/s1. The molecule has 2 heterocycles. The van der Waals surface area contributed by atoms with E-state index in [1.807, 2.05) is 13.8 Å². The van der Waals surface area contributed by atoms with Crippen molar-refractivity contribution in [2.45, 2.75) is 45.2 Å². The van der Waals surface area contributed by atoms with Gasteiger partial charge in [-0.1, -0.05) is 29.8 Å². The van der Waals surface area contributed by atoms with Crippen molar-refractivity contribution in [3.8, 4) is 0 Å². The molecule has 0 amide bonds. The second-order valence-electron chi connectivity index (χ2n) is 7.38. The van der Waals surface area contributed by atoms with Crippen molar-refractivity contribution in [3.63, 3.8) is 0 Å². The average Bonchev–Trinajstić information content (AvgIpc) is 2.98. The summed E-state index contributed by atoms with van der Waals surface area (Å²) in [6, 6.07) is 4.97. The summed E-state index contributed by atoms with van der Waals surface area (Å²) in [6.07, 6.45) is 0. The molecular weight excluding hydrogens is 506 g/mol. The minimum atomic E-state index is -3.93. The molecule has 0 spiro atoms. The van der Waals surface area contributed by atoms with Gasteiger partial charge in [-0.05, 0) is 49.6 Å². The molecule has 0 unspecified atom stereocenters. The van der Waals surface area contributed by atoms with Crippen LogP contribution in [0.5, 0.6) is 0 Å². The number of thiophene rings is 1. The van der Waals surface area contributed by atoms with Crippen molar-refractivity contribution < 1.29 is 17.9 Å². The molecule has 1 aromatic carbocycles. The lowest BCUT2D eigenvalue weighted by atomic mass is 10.1. The molecule has 31 heavy (non-hydrogen) atoms. The van der Waals surface area contributed by atoms with Crippen LogP contribution in [0, 0.1) is 19.8 Å². The highest BCUT2D eigenvalue weighted by molar-refractivity contribution is 9.10. The number of aromatic amines is 1. The van der Waals surface area contributed by atoms with Crippen LogP contribution in [-0.4, -0.2) is 30.4 Å². The van der Waals surface area contributed by atoms with Crippen LogP contribution in [0.2, 0.25) is 0 Å². The van der Waals surface area contributed by atoms with Crippen LogP contribution in [-0.2, 0) is 26.2 Å². The summed E-state index contributed by atoms with van der Waals surface area (Å²) in [4.78, 5) is 33.6. The molecule has 11 heteroatoms. The summed E-state index contributed by atoms with van der Waals surface area (Å²) in [5.74, 6) is -0.919. The monoisotopic (exact) mass is 527 g/mol. The van der Waals surface area contributed by atoms with E-state index >= 15 is 0 Å². The van der Waals surface area contributed by atoms with Crippen LogP contribution < -0.4 is 10.3 Å². The minimum absolute atomic E-state index is 0.0361. The number of nitrogens with zero attached hydrogens (tertiary/aromatic N) is 1. The summed E-state index contributed by atoms with van der Waals surface area (Å²) in [6.45, 7) is 6.91. The zero-order valence-electron chi connectivity index (χ0n) is 17.4. The minimum Gasteiger partial charge on any atom is -0.456 e. The number of halogens is 1. The molecule has 166 valence electrons. The van der Waals surface area contributed by atoms with Gasteiger partial charge in [0.05, 0.1) is 10.3 Å². The molecule has 0 aliphatic heterocycles. The van der Waals surface area contributed by atoms with Crippen LogP contribution in [0.15, 0.2) is 38.4 Å². The van der Waals surface area contributed by atoms with Gasteiger partial charge in [-0.15, -0.1) is 11.3 Å². The first-order chi connectivity index (χ1) is 14.5. The number of H-pyrrole nitrogens is 1. The Morgan fingerprint density at radius 3 is 2.52 bits per heavy atom. The smallest absolute Gasteiger partial charge is 0.324 e. The van der Waals surface area contributed by atoms with Crippen molar-refractivity contribution in [1.82, 2.24) is 14.7 Å². The molecule has 8 nitrogen and oxygen atoms in total. The van der Waals surface area contributed by atoms with Gasteiger partial charge in [0.15, 0.2) is 0 Å². The predicted molar refractivity (Wildman–Crippen MR) is 123 cm³/mol. The van der Waals surface area contributed by atoms with Gasteiger partial charge in [0.25, 0.3) is 5.56 Å². The number of aromatic nitrogens is 2. The number of rotatable bonds is 7. The first-order valence-corrected chi connectivity index (χ1v) is 12.5. The van der Waals surface area contributed by atoms with E-state index in [1.165, 1.54) is 23.5 Å². The SMILES string of the molecule is Cc1sc2nc(COC(=O)[C@@H](NS(=O)(=O)c3ccc(Br)cc3)C(C)C)[nH]c(=O)c2c1C. The molecule has 0 aliphatic rings. The second kappa shape index (κ2) is 9.19. The highest BCUT2D eigenvalue weighted by Gasteiger charge is 2.30. The molecule has 0 fully saturated rings. The van der Waals surface area contributed by atoms with Gasteiger partial charge in [0.1, 0.15) is 23.3 Å². The van der Waals surface area contributed by atoms with Crippen LogP contribution in [0.25, 0.3) is 10.2 Å². The molecule has 0 bridgehead atoms. The lowest BCUT2D eigenvalue weighted by molar-refractivity contribution is -0.148. The van der Waals surface area contributed by atoms with Gasteiger partial charge >= 0.3 is 5.97 Å². The van der Waals surface area contributed by atoms with E-state index in [0.29, 0.717) is 10.2 Å². The Hall–Kier alpha value is -2.08. The number of ether oxygens (including phenoxy) is 1. The van der Waals surface area contributed by atoms with E-state index in [1.54, 1.807) is 26.0 Å². The Balaban J connectivity index is 1.76. The van der Waals surface area contributed by atoms with E-state index in [2.05, 4.69) is 30.6 Å². The van der Waals surface area contributed by atoms with E-state index in [4.69, 9.17) is 4.74 Å². The van der Waals surface area contributed by atoms with E-state index in [0.717, 1.165) is 14.9 Å². The van der Waals surface area contributed by atoms with Crippen molar-refractivity contribution >= 4 is 53.5 Å². The molecule has 3 rings (SSSR count). The van der Waals surface area contributed by atoms with Crippen LogP contribution in [0.1, 0.15) is 30.1 Å². The van der Waals surface area contributed by atoms with Crippen LogP contribution >= 0.6 is 27.3 Å². The van der Waals surface area contributed by atoms with Gasteiger partial charge in [-0.3, -0.25) is 9.59 Å². The summed E-state index contributed by atoms with van der Waals surface area (Å²) in [5, 5.41) is 0.528. The molecule has 2 aromatic heterocycles. The summed E-state index contributed by atoms with van der Waals surface area (Å²) < 4.78 is 33.8. The van der Waals surface area contributed by atoms with E-state index in [9.17, 15) is 18.0 Å². The predicted octanol–water partition coefficient (Wildman–Crippen LogP) is 3.41. The number of aryl methyl sites for hydroxylation is 2. The van der Waals surface area contributed by atoms with E-state index < -0.39 is 22.0 Å². The number of benzene rings is 1. The highest BCUT2D eigenvalue weighted by Crippen LogP contribution is 2.25. The fourth-order valence-electron chi connectivity index (χ4n) is 2.90. The van der Waals surface area contributed by atoms with Gasteiger partial charge in [-0.2, -0.15) is 4.72 Å². The molecule has 2 N–H and O–H groups in total. The number of sulfonamides is 1. The molecule has 0 saturated heterocycles. The number of fused-ring (bicyclic) bond motifs is 1. The molecule has 0 aliphatic carbocycles. The van der Waals surface area contributed by atoms with Gasteiger partial charge in [-0.25, -0.2) is 13.4 Å². The van der Waals surface area contributed by atoms with Crippen molar-refractivity contribution in [2.24, 2.45) is 5.92 Å². The van der Waals surface area contributed by atoms with Crippen molar-refractivity contribution in [3.05, 3.63) is 55.4 Å². The lowest BCUT2D eigenvalue weighted by Crippen LogP contribution is -2.45. The van der Waals surface area contributed by atoms with Crippen molar-refractivity contribution in [1.29, 1.82) is 0 Å². The third-order valence-corrected chi connectivity index (χ3v) is 7.85. The largest absolute Gasteiger partial charge is 0.456 e. The van der Waals surface area contributed by atoms with Gasteiger partial charge < -0.3 is 9.72 Å². The molecular formula is C20H22BrN3O5S2. The zero-order valence-corrected chi connectivity index (χ0v) is 20.6. The maximum Gasteiger partial charge on any atom is 0.324 e. The van der Waals surface area contributed by atoms with Gasteiger partial charge in [0.2, 0.25) is 10.0 Å². The third-order valence-electron chi connectivity index (χ3n) is 4.77. The molecule has 1 atom stereocenters. The molecule has 0 saturated carbocycles. The Morgan fingerprint density at radius 1 is 1.26 bits per heavy atom. The lowest BCUT2D eigenvalue weighted by Gasteiger charge is -2.20. The molecule has 3 aromatic rings. The van der Waals surface area contributed by atoms with Crippen LogP contribution in [0.3, 0.4) is 0 Å². The van der Waals surface area contributed by atoms with Crippen molar-refractivity contribution in [2.75, 3.05) is 0 Å². The number of hydrogen-bond donors (Lipinski definition) is 2. The number of hydrogen-bond acceptors (Lipinski definition) is 7. The quantitative estimate of drug-likeness (QED) is 0.454. The topological polar surface area (TPSA) is 118 Å².